The number of nitro groups is 1. The van der Waals surface area contributed by atoms with Crippen molar-refractivity contribution in [2.45, 2.75) is 0 Å². The van der Waals surface area contributed by atoms with E-state index in [0.717, 1.165) is 0 Å². The molecule has 0 amide bonds. The van der Waals surface area contributed by atoms with E-state index in [2.05, 4.69) is 25.5 Å². The fourth-order valence-corrected chi connectivity index (χ4v) is 3.10. The molecule has 10 nitrogen and oxygen atoms in total. The number of aromatic nitrogens is 3. The van der Waals surface area contributed by atoms with Gasteiger partial charge in [0.05, 0.1) is 16.8 Å². The van der Waals surface area contributed by atoms with Gasteiger partial charge in [0, 0.05) is 23.4 Å². The van der Waals surface area contributed by atoms with Crippen LogP contribution in [0, 0.1) is 21.4 Å². The zero-order chi connectivity index (χ0) is 23.2. The summed E-state index contributed by atoms with van der Waals surface area (Å²) in [5.74, 6) is 0.0785. The fourth-order valence-electron chi connectivity index (χ4n) is 3.10. The summed E-state index contributed by atoms with van der Waals surface area (Å²) in [6.45, 7) is 0. The third kappa shape index (κ3) is 4.62. The second kappa shape index (κ2) is 9.32. The van der Waals surface area contributed by atoms with Gasteiger partial charge in [-0.05, 0) is 11.6 Å². The highest BCUT2D eigenvalue weighted by Gasteiger charge is 2.15. The molecule has 0 atom stereocenters. The lowest BCUT2D eigenvalue weighted by molar-refractivity contribution is -0.384. The number of nitrogens with one attached hydrogen (secondary N) is 2. The van der Waals surface area contributed by atoms with E-state index in [9.17, 15) is 20.2 Å². The van der Waals surface area contributed by atoms with E-state index in [-0.39, 0.29) is 28.6 Å². The average Bonchev–Trinajstić information content (AvgIpc) is 2.84. The van der Waals surface area contributed by atoms with Crippen LogP contribution in [0.1, 0.15) is 11.1 Å². The topological polar surface area (TPSA) is 150 Å². The smallest absolute Gasteiger partial charge is 0.290 e. The van der Waals surface area contributed by atoms with Crippen LogP contribution in [-0.2, 0) is 0 Å². The first-order valence-corrected chi connectivity index (χ1v) is 9.65. The van der Waals surface area contributed by atoms with Crippen molar-refractivity contribution < 1.29 is 4.92 Å². The molecule has 4 aromatic rings. The number of aromatic amines is 1. The average molecular weight is 437 g/mol. The third-order valence-corrected chi connectivity index (χ3v) is 4.63. The van der Waals surface area contributed by atoms with Gasteiger partial charge in [-0.3, -0.25) is 19.9 Å². The summed E-state index contributed by atoms with van der Waals surface area (Å²) in [6.07, 6.45) is 2.99. The lowest BCUT2D eigenvalue weighted by Crippen LogP contribution is -2.16. The van der Waals surface area contributed by atoms with E-state index in [4.69, 9.17) is 0 Å². The molecule has 4 rings (SSSR count). The number of hydrogen-bond acceptors (Lipinski definition) is 8. The van der Waals surface area contributed by atoms with Gasteiger partial charge in [-0.1, -0.05) is 54.6 Å². The molecule has 0 aliphatic heterocycles. The van der Waals surface area contributed by atoms with Crippen LogP contribution in [0.3, 0.4) is 0 Å². The molecule has 10 heteroatoms. The molecule has 0 bridgehead atoms. The molecule has 160 valence electrons. The summed E-state index contributed by atoms with van der Waals surface area (Å²) >= 11 is 0. The number of H-pyrrole nitrogens is 1. The van der Waals surface area contributed by atoms with E-state index in [1.807, 2.05) is 12.1 Å². The van der Waals surface area contributed by atoms with Gasteiger partial charge in [-0.2, -0.15) is 10.4 Å². The summed E-state index contributed by atoms with van der Waals surface area (Å²) < 4.78 is 0. The molecule has 2 aromatic heterocycles. The largest absolute Gasteiger partial charge is 0.295 e. The van der Waals surface area contributed by atoms with Gasteiger partial charge < -0.3 is 0 Å². The summed E-state index contributed by atoms with van der Waals surface area (Å²) in [5.41, 5.74) is 4.36. The molecule has 0 aliphatic rings. The second-order valence-electron chi connectivity index (χ2n) is 6.74. The summed E-state index contributed by atoms with van der Waals surface area (Å²) in [4.78, 5) is 33.9. The number of rotatable bonds is 6. The first-order chi connectivity index (χ1) is 16.1. The summed E-state index contributed by atoms with van der Waals surface area (Å²) in [7, 11) is 0. The van der Waals surface area contributed by atoms with Gasteiger partial charge in [0.15, 0.2) is 0 Å². The number of hydrazone groups is 1. The van der Waals surface area contributed by atoms with Crippen LogP contribution in [0.15, 0.2) is 82.8 Å². The van der Waals surface area contributed by atoms with Crippen LogP contribution >= 0.6 is 0 Å². The maximum absolute atomic E-state index is 12.3. The highest BCUT2D eigenvalue weighted by atomic mass is 16.6. The molecule has 33 heavy (non-hydrogen) atoms. The van der Waals surface area contributed by atoms with Crippen molar-refractivity contribution in [3.05, 3.63) is 105 Å². The number of hydrogen-bond donors (Lipinski definition) is 2. The van der Waals surface area contributed by atoms with Gasteiger partial charge in [-0.25, -0.2) is 15.4 Å². The Kier molecular flexibility index (Phi) is 5.95. The van der Waals surface area contributed by atoms with Gasteiger partial charge in [0.2, 0.25) is 5.95 Å². The van der Waals surface area contributed by atoms with Crippen LogP contribution < -0.4 is 11.0 Å². The molecule has 0 aliphatic carbocycles. The molecule has 2 N–H and O–H groups in total. The van der Waals surface area contributed by atoms with Crippen molar-refractivity contribution >= 4 is 17.9 Å². The summed E-state index contributed by atoms with van der Waals surface area (Å²) in [6, 6.07) is 20.5. The van der Waals surface area contributed by atoms with Crippen molar-refractivity contribution in [1.82, 2.24) is 15.0 Å². The summed E-state index contributed by atoms with van der Waals surface area (Å²) in [5, 5.41) is 24.6. The first-order valence-electron chi connectivity index (χ1n) is 9.65. The van der Waals surface area contributed by atoms with Crippen molar-refractivity contribution in [2.75, 3.05) is 5.43 Å². The lowest BCUT2D eigenvalue weighted by atomic mass is 10.1. The normalized spacial score (nSPS) is 10.6. The van der Waals surface area contributed by atoms with Crippen LogP contribution in [0.25, 0.3) is 22.5 Å². The Morgan fingerprint density at radius 2 is 1.76 bits per heavy atom. The lowest BCUT2D eigenvalue weighted by Gasteiger charge is -2.06. The van der Waals surface area contributed by atoms with Crippen molar-refractivity contribution in [1.29, 1.82) is 5.26 Å². The van der Waals surface area contributed by atoms with Crippen LogP contribution in [-0.4, -0.2) is 26.1 Å². The van der Waals surface area contributed by atoms with E-state index in [1.54, 1.807) is 48.5 Å². The monoisotopic (exact) mass is 437 g/mol. The Morgan fingerprint density at radius 3 is 2.45 bits per heavy atom. The van der Waals surface area contributed by atoms with E-state index in [1.165, 1.54) is 24.5 Å². The zero-order valence-corrected chi connectivity index (χ0v) is 17.0. The highest BCUT2D eigenvalue weighted by Crippen LogP contribution is 2.27. The Hall–Kier alpha value is -5.17. The Balaban J connectivity index is 1.55. The Labute approximate surface area is 187 Å². The maximum Gasteiger partial charge on any atom is 0.295 e. The van der Waals surface area contributed by atoms with Crippen LogP contribution in [0.5, 0.6) is 0 Å². The quantitative estimate of drug-likeness (QED) is 0.265. The zero-order valence-electron chi connectivity index (χ0n) is 17.0. The fraction of sp³-hybridized carbons (Fsp3) is 0. The first kappa shape index (κ1) is 21.1. The van der Waals surface area contributed by atoms with E-state index >= 15 is 0 Å². The molecule has 0 radical (unpaired) electrons. The number of nitrogens with zero attached hydrogens (tertiary/aromatic N) is 5. The standard InChI is InChI=1S/C23H15N7O3/c24-13-18-20(16-5-2-1-3-6-16)27-23(28-22(18)31)29-26-14-15-8-10-17(11-9-15)21-19(30(32)33)7-4-12-25-21/h1-12,14H,(H2,27,28,29,31). The van der Waals surface area contributed by atoms with E-state index in [0.29, 0.717) is 16.7 Å². The van der Waals surface area contributed by atoms with Crippen LogP contribution in [0.4, 0.5) is 11.6 Å². The minimum Gasteiger partial charge on any atom is -0.290 e. The van der Waals surface area contributed by atoms with Crippen LogP contribution in [0.2, 0.25) is 0 Å². The van der Waals surface area contributed by atoms with Gasteiger partial charge in [0.25, 0.3) is 11.2 Å². The number of pyridine rings is 1. The van der Waals surface area contributed by atoms with Crippen molar-refractivity contribution in [2.24, 2.45) is 5.10 Å². The molecule has 2 heterocycles. The van der Waals surface area contributed by atoms with Gasteiger partial charge in [0.1, 0.15) is 17.3 Å². The SMILES string of the molecule is N#Cc1c(-c2ccccc2)nc(NN=Cc2ccc(-c3ncccc3[N+](=O)[O-])cc2)[nH]c1=O. The van der Waals surface area contributed by atoms with Gasteiger partial charge in [-0.15, -0.1) is 0 Å². The second-order valence-corrected chi connectivity index (χ2v) is 6.74. The molecule has 2 aromatic carbocycles. The molecule has 0 spiro atoms. The minimum absolute atomic E-state index is 0.0781. The number of nitriles is 1. The number of anilines is 1. The Morgan fingerprint density at radius 1 is 1.03 bits per heavy atom. The molecular weight excluding hydrogens is 422 g/mol. The number of benzene rings is 2. The van der Waals surface area contributed by atoms with Crippen molar-refractivity contribution in [3.8, 4) is 28.6 Å². The minimum atomic E-state index is -0.578. The van der Waals surface area contributed by atoms with E-state index < -0.39 is 10.5 Å². The molecular formula is C23H15N7O3. The molecule has 0 saturated carbocycles. The highest BCUT2D eigenvalue weighted by molar-refractivity contribution is 5.82. The molecule has 0 unspecified atom stereocenters. The third-order valence-electron chi connectivity index (χ3n) is 4.63. The van der Waals surface area contributed by atoms with Crippen molar-refractivity contribution in [3.63, 3.8) is 0 Å². The predicted molar refractivity (Wildman–Crippen MR) is 123 cm³/mol. The predicted octanol–water partition coefficient (Wildman–Crippen LogP) is 3.72. The molecule has 0 saturated heterocycles. The molecule has 0 fully saturated rings. The maximum atomic E-state index is 12.3. The Bertz CT molecular complexity index is 1440. The van der Waals surface area contributed by atoms with Gasteiger partial charge >= 0.3 is 0 Å².